The Morgan fingerprint density at radius 3 is 2.50 bits per heavy atom. The van der Waals surface area contributed by atoms with Crippen molar-refractivity contribution in [2.75, 3.05) is 27.7 Å². The maximum absolute atomic E-state index is 6.17. The molecule has 5 heteroatoms. The van der Waals surface area contributed by atoms with Gasteiger partial charge in [-0.25, -0.2) is 0 Å². The number of piperidine rings is 1. The molecule has 0 radical (unpaired) electrons. The Hall–Kier alpha value is -2.04. The van der Waals surface area contributed by atoms with E-state index in [1.807, 2.05) is 19.2 Å². The summed E-state index contributed by atoms with van der Waals surface area (Å²) in [5.41, 5.74) is 7.72. The molecule has 3 aliphatic carbocycles. The summed E-state index contributed by atoms with van der Waals surface area (Å²) >= 11 is 12.2. The quantitative estimate of drug-likeness (QED) is 0.338. The number of ether oxygens (including phenoxy) is 1. The van der Waals surface area contributed by atoms with E-state index in [9.17, 15) is 0 Å². The summed E-state index contributed by atoms with van der Waals surface area (Å²) in [6.07, 6.45) is 10.5. The number of halogens is 2. The van der Waals surface area contributed by atoms with Crippen LogP contribution in [0, 0.1) is 5.92 Å². The van der Waals surface area contributed by atoms with Crippen LogP contribution in [0.2, 0.25) is 10.0 Å². The first-order chi connectivity index (χ1) is 19.4. The lowest BCUT2D eigenvalue weighted by Crippen LogP contribution is -2.59. The number of likely N-dealkylation sites (N-methyl/N-ethyl adjacent to an activating group) is 1. The van der Waals surface area contributed by atoms with Crippen molar-refractivity contribution in [2.24, 2.45) is 5.92 Å². The third-order valence-electron chi connectivity index (χ3n) is 10.5. The Labute approximate surface area is 250 Å². The van der Waals surface area contributed by atoms with Crippen LogP contribution in [0.4, 0.5) is 0 Å². The van der Waals surface area contributed by atoms with Crippen molar-refractivity contribution < 1.29 is 4.74 Å². The highest BCUT2D eigenvalue weighted by Gasteiger charge is 2.53. The molecule has 0 unspecified atom stereocenters. The molecule has 3 aromatic rings. The van der Waals surface area contributed by atoms with Crippen LogP contribution >= 0.6 is 23.2 Å². The number of hydrogen-bond acceptors (Lipinski definition) is 3. The van der Waals surface area contributed by atoms with E-state index in [2.05, 4.69) is 65.8 Å². The molecule has 1 aliphatic heterocycles. The molecule has 7 rings (SSSR count). The molecule has 212 valence electrons. The second kappa shape index (κ2) is 11.7. The number of nitrogens with zero attached hydrogens (tertiary/aromatic N) is 1. The fourth-order valence-electron chi connectivity index (χ4n) is 8.47. The molecule has 1 saturated heterocycles. The normalized spacial score (nSPS) is 28.8. The van der Waals surface area contributed by atoms with Crippen LogP contribution in [0.25, 0.3) is 0 Å². The van der Waals surface area contributed by atoms with Crippen LogP contribution in [-0.2, 0) is 11.8 Å². The predicted molar refractivity (Wildman–Crippen MR) is 167 cm³/mol. The zero-order valence-electron chi connectivity index (χ0n) is 24.1. The van der Waals surface area contributed by atoms with E-state index in [0.717, 1.165) is 30.6 Å². The Kier molecular flexibility index (Phi) is 8.21. The average Bonchev–Trinajstić information content (AvgIpc) is 3.00. The molecule has 4 aliphatic rings. The maximum atomic E-state index is 6.17. The van der Waals surface area contributed by atoms with Crippen LogP contribution in [0.15, 0.2) is 60.7 Å². The monoisotopic (exact) mass is 576 g/mol. The molecule has 5 atom stereocenters. The molecule has 3 aromatic carbocycles. The van der Waals surface area contributed by atoms with Gasteiger partial charge >= 0.3 is 0 Å². The number of nitrogens with one attached hydrogen (secondary N) is 1. The van der Waals surface area contributed by atoms with Crippen molar-refractivity contribution in [3.63, 3.8) is 0 Å². The van der Waals surface area contributed by atoms with Crippen LogP contribution in [-0.4, -0.2) is 38.7 Å². The van der Waals surface area contributed by atoms with Gasteiger partial charge in [-0.05, 0) is 117 Å². The number of methoxy groups -OCH3 is 1. The second-order valence-corrected chi connectivity index (χ2v) is 13.1. The van der Waals surface area contributed by atoms with E-state index < -0.39 is 0 Å². The maximum Gasteiger partial charge on any atom is 0.119 e. The summed E-state index contributed by atoms with van der Waals surface area (Å²) in [5.74, 6) is 2.32. The van der Waals surface area contributed by atoms with E-state index in [1.165, 1.54) is 61.8 Å². The van der Waals surface area contributed by atoms with Gasteiger partial charge in [0.1, 0.15) is 5.75 Å². The van der Waals surface area contributed by atoms with Crippen LogP contribution in [0.3, 0.4) is 0 Å². The zero-order chi connectivity index (χ0) is 27.9. The first-order valence-electron chi connectivity index (χ1n) is 15.0. The average molecular weight is 578 g/mol. The molecule has 2 bridgehead atoms. The van der Waals surface area contributed by atoms with Crippen molar-refractivity contribution >= 4 is 23.2 Å². The molecule has 3 nitrogen and oxygen atoms in total. The Morgan fingerprint density at radius 2 is 1.73 bits per heavy atom. The van der Waals surface area contributed by atoms with Gasteiger partial charge in [0.15, 0.2) is 0 Å². The molecule has 40 heavy (non-hydrogen) atoms. The topological polar surface area (TPSA) is 24.5 Å². The number of hydrogen-bond donors (Lipinski definition) is 1. The molecule has 0 aromatic heterocycles. The van der Waals surface area contributed by atoms with Gasteiger partial charge in [-0.15, -0.1) is 0 Å². The van der Waals surface area contributed by atoms with Crippen LogP contribution < -0.4 is 10.1 Å². The fourth-order valence-corrected chi connectivity index (χ4v) is 8.77. The minimum atomic E-state index is 0.408. The first-order valence-corrected chi connectivity index (χ1v) is 15.8. The highest BCUT2D eigenvalue weighted by atomic mass is 35.5. The van der Waals surface area contributed by atoms with Gasteiger partial charge in [0.25, 0.3) is 0 Å². The third-order valence-corrected chi connectivity index (χ3v) is 11.2. The van der Waals surface area contributed by atoms with Crippen LogP contribution in [0.5, 0.6) is 5.75 Å². The van der Waals surface area contributed by atoms with Crippen molar-refractivity contribution in [1.29, 1.82) is 0 Å². The molecule has 2 fully saturated rings. The second-order valence-electron chi connectivity index (χ2n) is 12.3. The summed E-state index contributed by atoms with van der Waals surface area (Å²) < 4.78 is 5.51. The van der Waals surface area contributed by atoms with E-state index in [1.54, 1.807) is 18.2 Å². The lowest BCUT2D eigenvalue weighted by molar-refractivity contribution is 0.00274. The highest BCUT2D eigenvalue weighted by Crippen LogP contribution is 2.56. The highest BCUT2D eigenvalue weighted by molar-refractivity contribution is 6.42. The number of rotatable bonds is 3. The lowest BCUT2D eigenvalue weighted by Gasteiger charge is -2.58. The van der Waals surface area contributed by atoms with Crippen molar-refractivity contribution in [3.05, 3.63) is 98.5 Å². The minimum Gasteiger partial charge on any atom is -0.497 e. The van der Waals surface area contributed by atoms with E-state index >= 15 is 0 Å². The predicted octanol–water partition coefficient (Wildman–Crippen LogP) is 8.56. The van der Waals surface area contributed by atoms with E-state index in [-0.39, 0.29) is 0 Å². The summed E-state index contributed by atoms with van der Waals surface area (Å²) in [7, 11) is 6.15. The zero-order valence-corrected chi connectivity index (χ0v) is 25.6. The van der Waals surface area contributed by atoms with Gasteiger partial charge < -0.3 is 15.0 Å². The van der Waals surface area contributed by atoms with E-state index in [4.69, 9.17) is 27.9 Å². The largest absolute Gasteiger partial charge is 0.497 e. The smallest absolute Gasteiger partial charge is 0.119 e. The minimum absolute atomic E-state index is 0.408. The molecule has 0 spiro atoms. The van der Waals surface area contributed by atoms with E-state index in [0.29, 0.717) is 27.4 Å². The molecule has 1 N–H and O–H groups in total. The van der Waals surface area contributed by atoms with Gasteiger partial charge in [0.2, 0.25) is 0 Å². The molecular formula is C35H42Cl2N2O. The number of likely N-dealkylation sites (tertiary alicyclic amines) is 1. The van der Waals surface area contributed by atoms with Gasteiger partial charge in [0.05, 0.1) is 17.2 Å². The molecule has 1 saturated carbocycles. The third kappa shape index (κ3) is 4.98. The molecule has 1 heterocycles. The lowest BCUT2D eigenvalue weighted by atomic mass is 9.52. The molecule has 0 amide bonds. The Balaban J connectivity index is 0.000000145. The summed E-state index contributed by atoms with van der Waals surface area (Å²) in [5, 5.41) is 4.66. The van der Waals surface area contributed by atoms with Crippen molar-refractivity contribution in [1.82, 2.24) is 10.2 Å². The first kappa shape index (κ1) is 28.1. The fraction of sp³-hybridized carbons (Fsp3) is 0.486. The Bertz CT molecular complexity index is 1360. The summed E-state index contributed by atoms with van der Waals surface area (Å²) in [6, 6.07) is 22.7. The Morgan fingerprint density at radius 1 is 0.900 bits per heavy atom. The SMILES string of the molecule is CN[C@H]1CC[C@@H](c2ccc(Cl)c(Cl)c2)c2ccccc21.COc1ccc2c(c1)[C@]13CCCC[C@@H]1[C@H](C2)N(C)CC3. The van der Waals surface area contributed by atoms with Crippen molar-refractivity contribution in [2.45, 2.75) is 74.8 Å². The number of benzene rings is 3. The standard InChI is InChI=1S/C18H25NO.C17H17Cl2N/c1-19-10-9-18-8-4-3-5-15(18)17(19)11-13-6-7-14(20-2)12-16(13)18;1-20-17-9-7-12(13-4-2-3-5-14(13)17)11-6-8-15(18)16(19)10-11/h6-7,12,15,17H,3-5,8-11H2,1-2H3;2-6,8,10,12,17,20H,7,9H2,1H3/t15-,17+,18+;12-,17-/m10/s1. The summed E-state index contributed by atoms with van der Waals surface area (Å²) in [4.78, 5) is 2.63. The molecular weight excluding hydrogens is 535 g/mol. The van der Waals surface area contributed by atoms with Gasteiger partial charge in [0, 0.05) is 23.4 Å². The van der Waals surface area contributed by atoms with Crippen molar-refractivity contribution in [3.8, 4) is 5.75 Å². The van der Waals surface area contributed by atoms with Gasteiger partial charge in [-0.3, -0.25) is 0 Å². The van der Waals surface area contributed by atoms with Crippen LogP contribution in [0.1, 0.15) is 84.7 Å². The van der Waals surface area contributed by atoms with Gasteiger partial charge in [-0.2, -0.15) is 0 Å². The summed E-state index contributed by atoms with van der Waals surface area (Å²) in [6.45, 7) is 1.26. The van der Waals surface area contributed by atoms with Gasteiger partial charge in [-0.1, -0.05) is 72.4 Å². The number of fused-ring (bicyclic) bond motifs is 2.